The summed E-state index contributed by atoms with van der Waals surface area (Å²) >= 11 is 0. The molecule has 164 valence electrons. The van der Waals surface area contributed by atoms with Crippen molar-refractivity contribution in [1.82, 2.24) is 25.3 Å². The highest BCUT2D eigenvalue weighted by molar-refractivity contribution is 7.92. The highest BCUT2D eigenvalue weighted by Crippen LogP contribution is 2.22. The average molecular weight is 452 g/mol. The normalized spacial score (nSPS) is 13.0. The van der Waals surface area contributed by atoms with Crippen molar-refractivity contribution >= 4 is 33.3 Å². The Labute approximate surface area is 185 Å². The predicted octanol–water partition coefficient (Wildman–Crippen LogP) is 1.51. The highest BCUT2D eigenvalue weighted by atomic mass is 32.2. The lowest BCUT2D eigenvalue weighted by Crippen LogP contribution is -2.23. The number of rotatable bonds is 7. The zero-order chi connectivity index (χ0) is 22.6. The summed E-state index contributed by atoms with van der Waals surface area (Å²) in [6.45, 7) is 1.90. The van der Waals surface area contributed by atoms with E-state index in [0.29, 0.717) is 17.5 Å². The van der Waals surface area contributed by atoms with Gasteiger partial charge < -0.3 is 16.0 Å². The van der Waals surface area contributed by atoms with Gasteiger partial charge in [-0.3, -0.25) is 9.71 Å². The van der Waals surface area contributed by atoms with Crippen LogP contribution in [0.25, 0.3) is 0 Å². The van der Waals surface area contributed by atoms with Crippen LogP contribution >= 0.6 is 0 Å². The van der Waals surface area contributed by atoms with Crippen LogP contribution in [0.2, 0.25) is 0 Å². The molecule has 0 saturated carbocycles. The Balaban J connectivity index is 1.53. The van der Waals surface area contributed by atoms with Gasteiger partial charge in [-0.05, 0) is 36.2 Å². The zero-order valence-corrected chi connectivity index (χ0v) is 18.1. The molecular weight excluding hydrogens is 430 g/mol. The van der Waals surface area contributed by atoms with Crippen molar-refractivity contribution in [1.29, 1.82) is 5.26 Å². The lowest BCUT2D eigenvalue weighted by Gasteiger charge is -2.18. The molecule has 32 heavy (non-hydrogen) atoms. The molecule has 1 aliphatic rings. The Morgan fingerprint density at radius 3 is 2.81 bits per heavy atom. The molecule has 0 radical (unpaired) electrons. The topological polar surface area (TPSA) is 158 Å². The molecule has 3 aromatic rings. The second-order valence-corrected chi connectivity index (χ2v) is 8.93. The number of anilines is 4. The molecule has 4 rings (SSSR count). The maximum absolute atomic E-state index is 11.6. The zero-order valence-electron chi connectivity index (χ0n) is 17.3. The first-order valence-corrected chi connectivity index (χ1v) is 11.7. The third-order valence-corrected chi connectivity index (χ3v) is 5.30. The van der Waals surface area contributed by atoms with E-state index in [2.05, 4.69) is 52.7 Å². The minimum Gasteiger partial charge on any atom is -0.363 e. The Hall–Kier alpha value is -3.82. The van der Waals surface area contributed by atoms with Crippen LogP contribution in [-0.2, 0) is 29.5 Å². The fourth-order valence-corrected chi connectivity index (χ4v) is 3.79. The number of hydrogen-bond acceptors (Lipinski definition) is 10. The van der Waals surface area contributed by atoms with Gasteiger partial charge in [-0.2, -0.15) is 10.2 Å². The number of hydrogen-bond donors (Lipinski definition) is 4. The molecule has 4 N–H and O–H groups in total. The van der Waals surface area contributed by atoms with Crippen LogP contribution in [0, 0.1) is 11.3 Å². The van der Waals surface area contributed by atoms with E-state index in [9.17, 15) is 13.7 Å². The van der Waals surface area contributed by atoms with E-state index >= 15 is 0 Å². The minimum atomic E-state index is -3.52. The lowest BCUT2D eigenvalue weighted by molar-refractivity contribution is 0.606. The molecule has 11 nitrogen and oxygen atoms in total. The van der Waals surface area contributed by atoms with Crippen molar-refractivity contribution in [3.8, 4) is 6.07 Å². The van der Waals surface area contributed by atoms with Gasteiger partial charge in [0.15, 0.2) is 5.82 Å². The number of nitrogens with one attached hydrogen (secondary N) is 4. The quantitative estimate of drug-likeness (QED) is 0.415. The Kier molecular flexibility index (Phi) is 6.11. The summed E-state index contributed by atoms with van der Waals surface area (Å²) in [6, 6.07) is 8.15. The highest BCUT2D eigenvalue weighted by Gasteiger charge is 2.13. The summed E-state index contributed by atoms with van der Waals surface area (Å²) in [5, 5.41) is 19.0. The molecule has 0 atom stereocenters. The number of aromatic nitrogens is 4. The van der Waals surface area contributed by atoms with E-state index in [-0.39, 0.29) is 17.9 Å². The summed E-state index contributed by atoms with van der Waals surface area (Å²) < 4.78 is 25.4. The number of fused-ring (bicyclic) bond motifs is 1. The van der Waals surface area contributed by atoms with Gasteiger partial charge in [-0.1, -0.05) is 6.07 Å². The van der Waals surface area contributed by atoms with Crippen LogP contribution in [0.3, 0.4) is 0 Å². The minimum absolute atomic E-state index is 0.0999. The molecule has 2 aromatic heterocycles. The maximum Gasteiger partial charge on any atom is 0.231 e. The van der Waals surface area contributed by atoms with Crippen molar-refractivity contribution in [2.75, 3.05) is 28.2 Å². The Morgan fingerprint density at radius 2 is 2.00 bits per heavy atom. The molecule has 0 bridgehead atoms. The smallest absolute Gasteiger partial charge is 0.231 e. The van der Waals surface area contributed by atoms with Crippen LogP contribution in [0.5, 0.6) is 0 Å². The van der Waals surface area contributed by atoms with Crippen LogP contribution in [0.4, 0.5) is 23.3 Å². The van der Waals surface area contributed by atoms with E-state index in [4.69, 9.17) is 0 Å². The standard InChI is InChI=1S/C20H21N9O2S/c1-32(30,31)29-19-17(23-6-7-24-19)12-25-18-15(9-21)11-26-20(28-18)27-16-3-2-14-10-22-5-4-13(14)8-16/h2-3,6-8,11,22H,4-5,10,12H2,1H3,(H,24,29)(H2,25,26,27,28). The molecule has 1 aromatic carbocycles. The van der Waals surface area contributed by atoms with Gasteiger partial charge in [0, 0.05) is 24.6 Å². The van der Waals surface area contributed by atoms with Gasteiger partial charge in [-0.25, -0.2) is 18.4 Å². The molecule has 0 unspecified atom stereocenters. The second-order valence-electron chi connectivity index (χ2n) is 7.18. The number of sulfonamides is 1. The van der Waals surface area contributed by atoms with E-state index in [0.717, 1.165) is 31.5 Å². The van der Waals surface area contributed by atoms with Crippen molar-refractivity contribution < 1.29 is 8.42 Å². The summed E-state index contributed by atoms with van der Waals surface area (Å²) in [4.78, 5) is 16.8. The first-order chi connectivity index (χ1) is 15.4. The Bertz CT molecular complexity index is 1290. The molecule has 0 spiro atoms. The molecule has 0 amide bonds. The van der Waals surface area contributed by atoms with Gasteiger partial charge in [0.2, 0.25) is 16.0 Å². The molecular formula is C20H21N9O2S. The number of benzene rings is 1. The number of nitriles is 1. The monoisotopic (exact) mass is 451 g/mol. The van der Waals surface area contributed by atoms with Crippen molar-refractivity contribution in [3.05, 3.63) is 59.2 Å². The van der Waals surface area contributed by atoms with Gasteiger partial charge in [0.1, 0.15) is 23.1 Å². The third-order valence-electron chi connectivity index (χ3n) is 4.74. The SMILES string of the molecule is CS(=O)(=O)Nc1nccnc1CNc1nc(Nc2ccc3c(c2)CCNC3)ncc1C#N. The second kappa shape index (κ2) is 9.13. The third kappa shape index (κ3) is 5.26. The van der Waals surface area contributed by atoms with Gasteiger partial charge in [0.05, 0.1) is 19.0 Å². The Morgan fingerprint density at radius 1 is 1.16 bits per heavy atom. The van der Waals surface area contributed by atoms with Crippen LogP contribution in [0.15, 0.2) is 36.8 Å². The fourth-order valence-electron chi connectivity index (χ4n) is 3.27. The van der Waals surface area contributed by atoms with Gasteiger partial charge in [0.25, 0.3) is 0 Å². The summed E-state index contributed by atoms with van der Waals surface area (Å²) in [7, 11) is -3.52. The van der Waals surface area contributed by atoms with Crippen molar-refractivity contribution in [2.24, 2.45) is 0 Å². The van der Waals surface area contributed by atoms with Crippen LogP contribution < -0.4 is 20.7 Å². The van der Waals surface area contributed by atoms with Crippen LogP contribution in [0.1, 0.15) is 22.4 Å². The van der Waals surface area contributed by atoms with E-state index in [1.165, 1.54) is 29.7 Å². The van der Waals surface area contributed by atoms with Gasteiger partial charge >= 0.3 is 0 Å². The molecule has 0 saturated heterocycles. The molecule has 3 heterocycles. The van der Waals surface area contributed by atoms with E-state index in [1.807, 2.05) is 12.1 Å². The molecule has 0 fully saturated rings. The van der Waals surface area contributed by atoms with E-state index in [1.54, 1.807) is 0 Å². The first-order valence-electron chi connectivity index (χ1n) is 9.79. The fraction of sp³-hybridized carbons (Fsp3) is 0.250. The summed E-state index contributed by atoms with van der Waals surface area (Å²) in [5.41, 5.74) is 4.00. The maximum atomic E-state index is 11.6. The predicted molar refractivity (Wildman–Crippen MR) is 120 cm³/mol. The first kappa shape index (κ1) is 21.4. The summed E-state index contributed by atoms with van der Waals surface area (Å²) in [6.07, 6.45) is 6.25. The van der Waals surface area contributed by atoms with Gasteiger partial charge in [-0.15, -0.1) is 0 Å². The molecule has 0 aliphatic carbocycles. The van der Waals surface area contributed by atoms with E-state index < -0.39 is 10.0 Å². The largest absolute Gasteiger partial charge is 0.363 e. The van der Waals surface area contributed by atoms with Crippen molar-refractivity contribution in [2.45, 2.75) is 19.5 Å². The van der Waals surface area contributed by atoms with Crippen molar-refractivity contribution in [3.63, 3.8) is 0 Å². The van der Waals surface area contributed by atoms with Crippen LogP contribution in [-0.4, -0.2) is 41.2 Å². The lowest BCUT2D eigenvalue weighted by atomic mass is 10.0. The molecule has 12 heteroatoms. The molecule has 1 aliphatic heterocycles. The number of nitrogens with zero attached hydrogens (tertiary/aromatic N) is 5. The average Bonchev–Trinajstić information content (AvgIpc) is 2.77. The summed E-state index contributed by atoms with van der Waals surface area (Å²) in [5.74, 6) is 0.731.